The molecule has 0 aliphatic heterocycles. The molecule has 0 saturated carbocycles. The number of carbonyl (C=O) groups is 1. The average molecular weight is 380 g/mol. The van der Waals surface area contributed by atoms with Crippen molar-refractivity contribution >= 4 is 58.2 Å². The second-order valence-corrected chi connectivity index (χ2v) is 4.06. The lowest BCUT2D eigenvalue weighted by atomic mass is 10.5. The van der Waals surface area contributed by atoms with Gasteiger partial charge in [0.15, 0.2) is 10.4 Å². The Kier molecular flexibility index (Phi) is 2.93. The second-order valence-electron chi connectivity index (χ2n) is 1.51. The Morgan fingerprint density at radius 1 is 1.60 bits per heavy atom. The van der Waals surface area contributed by atoms with Crippen molar-refractivity contribution in [1.29, 1.82) is 0 Å². The topological polar surface area (TPSA) is 30.2 Å². The molecule has 0 aliphatic rings. The van der Waals surface area contributed by atoms with Gasteiger partial charge < -0.3 is 4.42 Å². The molecule has 0 aromatic carbocycles. The Morgan fingerprint density at radius 2 is 2.20 bits per heavy atom. The van der Waals surface area contributed by atoms with E-state index >= 15 is 0 Å². The number of furan rings is 1. The highest BCUT2D eigenvalue weighted by molar-refractivity contribution is 14.1. The summed E-state index contributed by atoms with van der Waals surface area (Å²) in [6.07, 6.45) is 0. The van der Waals surface area contributed by atoms with Gasteiger partial charge in [-0.15, -0.1) is 0 Å². The SMILES string of the molecule is O=C(I)c1cc(Br)c(Br)o1. The molecule has 0 saturated heterocycles. The van der Waals surface area contributed by atoms with Crippen LogP contribution in [0, 0.1) is 0 Å². The molecule has 10 heavy (non-hydrogen) atoms. The molecule has 0 spiro atoms. The summed E-state index contributed by atoms with van der Waals surface area (Å²) in [5.74, 6) is 0.347. The Labute approximate surface area is 87.7 Å². The maximum absolute atomic E-state index is 10.7. The van der Waals surface area contributed by atoms with Gasteiger partial charge in [0.25, 0.3) is 3.79 Å². The summed E-state index contributed by atoms with van der Waals surface area (Å²) in [7, 11) is 0. The van der Waals surface area contributed by atoms with Crippen LogP contribution in [0.5, 0.6) is 0 Å². The van der Waals surface area contributed by atoms with Crippen molar-refractivity contribution in [2.75, 3.05) is 0 Å². The Bertz CT molecular complexity index is 249. The smallest absolute Gasteiger partial charge is 0.257 e. The molecular weight excluding hydrogens is 379 g/mol. The van der Waals surface area contributed by atoms with Crippen LogP contribution in [0.3, 0.4) is 0 Å². The Balaban J connectivity index is 3.10. The maximum atomic E-state index is 10.7. The van der Waals surface area contributed by atoms with E-state index in [9.17, 15) is 4.79 Å². The molecule has 2 nitrogen and oxygen atoms in total. The van der Waals surface area contributed by atoms with Crippen LogP contribution in [-0.2, 0) is 0 Å². The minimum Gasteiger partial charge on any atom is -0.444 e. The van der Waals surface area contributed by atoms with Crippen molar-refractivity contribution in [2.45, 2.75) is 0 Å². The van der Waals surface area contributed by atoms with Crippen LogP contribution in [0.2, 0.25) is 0 Å². The van der Waals surface area contributed by atoms with Crippen molar-refractivity contribution in [3.05, 3.63) is 21.0 Å². The van der Waals surface area contributed by atoms with Gasteiger partial charge in [-0.2, -0.15) is 0 Å². The molecule has 0 amide bonds. The van der Waals surface area contributed by atoms with Gasteiger partial charge in [0, 0.05) is 28.7 Å². The van der Waals surface area contributed by atoms with E-state index in [-0.39, 0.29) is 3.79 Å². The van der Waals surface area contributed by atoms with Gasteiger partial charge in [-0.05, 0) is 31.9 Å². The summed E-state index contributed by atoms with van der Waals surface area (Å²) in [5, 5.41) is 0. The van der Waals surface area contributed by atoms with Crippen molar-refractivity contribution in [3.63, 3.8) is 0 Å². The quantitative estimate of drug-likeness (QED) is 0.553. The van der Waals surface area contributed by atoms with E-state index in [0.717, 1.165) is 4.47 Å². The highest BCUT2D eigenvalue weighted by Crippen LogP contribution is 2.27. The molecule has 0 N–H and O–H groups in total. The van der Waals surface area contributed by atoms with Crippen molar-refractivity contribution in [1.82, 2.24) is 0 Å². The van der Waals surface area contributed by atoms with Crippen LogP contribution in [0.25, 0.3) is 0 Å². The van der Waals surface area contributed by atoms with E-state index in [1.807, 2.05) is 0 Å². The molecule has 0 unspecified atom stereocenters. The fourth-order valence-electron chi connectivity index (χ4n) is 0.443. The third kappa shape index (κ3) is 1.82. The molecule has 1 aromatic heterocycles. The van der Waals surface area contributed by atoms with Gasteiger partial charge in [0.05, 0.1) is 4.47 Å². The molecule has 0 atom stereocenters. The molecule has 1 heterocycles. The fraction of sp³-hybridized carbons (Fsp3) is 0. The lowest BCUT2D eigenvalue weighted by molar-refractivity contribution is 0.108. The standard InChI is InChI=1S/C5HBr2IO2/c6-2-1-3(5(8)9)10-4(2)7/h1H. The number of carbonyl (C=O) groups excluding carboxylic acids is 1. The van der Waals surface area contributed by atoms with Gasteiger partial charge in [-0.25, -0.2) is 0 Å². The molecule has 0 radical (unpaired) electrons. The summed E-state index contributed by atoms with van der Waals surface area (Å²) < 4.78 is 6.19. The van der Waals surface area contributed by atoms with Crippen molar-refractivity contribution in [3.8, 4) is 0 Å². The van der Waals surface area contributed by atoms with Crippen LogP contribution in [-0.4, -0.2) is 3.79 Å². The predicted molar refractivity (Wildman–Crippen MR) is 52.5 cm³/mol. The summed E-state index contributed by atoms with van der Waals surface area (Å²) in [6, 6.07) is 1.62. The molecule has 5 heteroatoms. The lowest BCUT2D eigenvalue weighted by Gasteiger charge is -1.80. The monoisotopic (exact) mass is 378 g/mol. The lowest BCUT2D eigenvalue weighted by Crippen LogP contribution is -1.79. The summed E-state index contributed by atoms with van der Waals surface area (Å²) in [5.41, 5.74) is 0. The first-order chi connectivity index (χ1) is 4.61. The Morgan fingerprint density at radius 3 is 2.40 bits per heavy atom. The van der Waals surface area contributed by atoms with Crippen LogP contribution < -0.4 is 0 Å². The molecule has 54 valence electrons. The van der Waals surface area contributed by atoms with E-state index in [1.165, 1.54) is 0 Å². The molecule has 1 rings (SSSR count). The van der Waals surface area contributed by atoms with E-state index in [0.29, 0.717) is 10.4 Å². The van der Waals surface area contributed by atoms with Crippen LogP contribution in [0.1, 0.15) is 10.6 Å². The van der Waals surface area contributed by atoms with Gasteiger partial charge in [0.1, 0.15) is 0 Å². The minimum absolute atomic E-state index is 0.107. The molecular formula is C5HBr2IO2. The van der Waals surface area contributed by atoms with Gasteiger partial charge in [-0.3, -0.25) is 4.79 Å². The first-order valence-electron chi connectivity index (χ1n) is 2.26. The largest absolute Gasteiger partial charge is 0.444 e. The average Bonchev–Trinajstić information content (AvgIpc) is 2.13. The zero-order valence-corrected chi connectivity index (χ0v) is 9.86. The van der Waals surface area contributed by atoms with E-state index in [1.54, 1.807) is 28.7 Å². The van der Waals surface area contributed by atoms with E-state index in [4.69, 9.17) is 4.42 Å². The number of rotatable bonds is 1. The number of hydrogen-bond donors (Lipinski definition) is 0. The van der Waals surface area contributed by atoms with E-state index < -0.39 is 0 Å². The molecule has 0 aliphatic carbocycles. The Hall–Kier alpha value is 0.640. The highest BCUT2D eigenvalue weighted by atomic mass is 127. The van der Waals surface area contributed by atoms with Gasteiger partial charge in [0.2, 0.25) is 0 Å². The zero-order chi connectivity index (χ0) is 7.72. The third-order valence-electron chi connectivity index (χ3n) is 0.839. The summed E-state index contributed by atoms with van der Waals surface area (Å²) >= 11 is 7.97. The van der Waals surface area contributed by atoms with Crippen LogP contribution in [0.15, 0.2) is 19.6 Å². The van der Waals surface area contributed by atoms with Crippen LogP contribution in [0.4, 0.5) is 0 Å². The van der Waals surface area contributed by atoms with Crippen LogP contribution >= 0.6 is 54.5 Å². The first kappa shape index (κ1) is 8.73. The first-order valence-corrected chi connectivity index (χ1v) is 4.92. The predicted octanol–water partition coefficient (Wildman–Crippen LogP) is 3.38. The summed E-state index contributed by atoms with van der Waals surface area (Å²) in [6.45, 7) is 0. The van der Waals surface area contributed by atoms with Gasteiger partial charge in [-0.1, -0.05) is 0 Å². The summed E-state index contributed by atoms with van der Waals surface area (Å²) in [4.78, 5) is 10.7. The maximum Gasteiger partial charge on any atom is 0.257 e. The normalized spacial score (nSPS) is 9.90. The highest BCUT2D eigenvalue weighted by Gasteiger charge is 2.09. The van der Waals surface area contributed by atoms with Crippen molar-refractivity contribution < 1.29 is 9.21 Å². The molecule has 0 bridgehead atoms. The number of halogens is 3. The van der Waals surface area contributed by atoms with E-state index in [2.05, 4.69) is 31.9 Å². The minimum atomic E-state index is -0.107. The third-order valence-corrected chi connectivity index (χ3v) is 3.08. The fourth-order valence-corrected chi connectivity index (χ4v) is 1.29. The zero-order valence-electron chi connectivity index (χ0n) is 4.53. The second kappa shape index (κ2) is 3.36. The molecule has 1 aromatic rings. The van der Waals surface area contributed by atoms with Crippen molar-refractivity contribution in [2.24, 2.45) is 0 Å². The number of hydrogen-bond acceptors (Lipinski definition) is 2. The molecule has 0 fully saturated rings. The van der Waals surface area contributed by atoms with Gasteiger partial charge >= 0.3 is 0 Å².